The van der Waals surface area contributed by atoms with Gasteiger partial charge in [-0.05, 0) is 13.0 Å². The van der Waals surface area contributed by atoms with Crippen molar-refractivity contribution in [3.05, 3.63) is 22.8 Å². The largest absolute Gasteiger partial charge is 0.383 e. The maximum atomic E-state index is 10.3. The Bertz CT molecular complexity index is 367. The Labute approximate surface area is 99.1 Å². The minimum absolute atomic E-state index is 0.188. The summed E-state index contributed by atoms with van der Waals surface area (Å²) >= 11 is 5.80. The zero-order valence-corrected chi connectivity index (χ0v) is 10.2. The standard InChI is InChI=1S/C10H15ClN2O3/c1-10(14,9(15-2)16-3)7-4-6(11)5-13-8(7)12/h4-5,9,14H,1-3H3,(H2,12,13). The highest BCUT2D eigenvalue weighted by Gasteiger charge is 2.36. The minimum Gasteiger partial charge on any atom is -0.383 e. The summed E-state index contributed by atoms with van der Waals surface area (Å²) in [6, 6.07) is 1.54. The van der Waals surface area contributed by atoms with Crippen molar-refractivity contribution in [1.29, 1.82) is 0 Å². The number of aromatic nitrogens is 1. The maximum absolute atomic E-state index is 10.3. The molecule has 1 aromatic rings. The van der Waals surface area contributed by atoms with Gasteiger partial charge in [0, 0.05) is 26.0 Å². The molecule has 0 spiro atoms. The third-order valence-electron chi connectivity index (χ3n) is 2.32. The molecule has 1 rings (SSSR count). The van der Waals surface area contributed by atoms with Crippen LogP contribution in [0.5, 0.6) is 0 Å². The zero-order chi connectivity index (χ0) is 12.3. The molecule has 0 radical (unpaired) electrons. The molecule has 1 atom stereocenters. The van der Waals surface area contributed by atoms with Crippen LogP contribution in [0, 0.1) is 0 Å². The molecule has 0 saturated heterocycles. The summed E-state index contributed by atoms with van der Waals surface area (Å²) in [4.78, 5) is 3.87. The van der Waals surface area contributed by atoms with Crippen molar-refractivity contribution in [2.24, 2.45) is 0 Å². The fourth-order valence-corrected chi connectivity index (χ4v) is 1.70. The quantitative estimate of drug-likeness (QED) is 0.779. The van der Waals surface area contributed by atoms with Crippen LogP contribution in [-0.2, 0) is 15.1 Å². The average molecular weight is 247 g/mol. The van der Waals surface area contributed by atoms with E-state index < -0.39 is 11.9 Å². The lowest BCUT2D eigenvalue weighted by Crippen LogP contribution is -2.40. The lowest BCUT2D eigenvalue weighted by atomic mass is 9.96. The highest BCUT2D eigenvalue weighted by molar-refractivity contribution is 6.30. The molecule has 16 heavy (non-hydrogen) atoms. The van der Waals surface area contributed by atoms with E-state index in [0.717, 1.165) is 0 Å². The smallest absolute Gasteiger partial charge is 0.189 e. The second kappa shape index (κ2) is 4.97. The Morgan fingerprint density at radius 1 is 1.50 bits per heavy atom. The van der Waals surface area contributed by atoms with E-state index in [4.69, 9.17) is 26.8 Å². The van der Waals surface area contributed by atoms with Crippen molar-refractivity contribution in [3.63, 3.8) is 0 Å². The average Bonchev–Trinajstić information content (AvgIpc) is 2.23. The Kier molecular flexibility index (Phi) is 4.09. The van der Waals surface area contributed by atoms with Crippen LogP contribution in [0.25, 0.3) is 0 Å². The number of rotatable bonds is 4. The molecule has 5 nitrogen and oxygen atoms in total. The summed E-state index contributed by atoms with van der Waals surface area (Å²) < 4.78 is 10.0. The molecule has 0 aliphatic carbocycles. The Hall–Kier alpha value is -0.880. The van der Waals surface area contributed by atoms with E-state index in [-0.39, 0.29) is 5.82 Å². The zero-order valence-electron chi connectivity index (χ0n) is 9.40. The fraction of sp³-hybridized carbons (Fsp3) is 0.500. The van der Waals surface area contributed by atoms with Gasteiger partial charge in [0.05, 0.1) is 5.02 Å². The number of nitrogens with two attached hydrogens (primary N) is 1. The first-order valence-corrected chi connectivity index (χ1v) is 5.00. The van der Waals surface area contributed by atoms with Gasteiger partial charge >= 0.3 is 0 Å². The molecule has 1 unspecified atom stereocenters. The van der Waals surface area contributed by atoms with Gasteiger partial charge in [0.25, 0.3) is 0 Å². The number of hydrogen-bond donors (Lipinski definition) is 2. The van der Waals surface area contributed by atoms with Crippen LogP contribution in [0.2, 0.25) is 5.02 Å². The number of ether oxygens (including phenoxy) is 2. The Morgan fingerprint density at radius 3 is 2.56 bits per heavy atom. The summed E-state index contributed by atoms with van der Waals surface area (Å²) in [5, 5.41) is 10.7. The molecule has 6 heteroatoms. The summed E-state index contributed by atoms with van der Waals surface area (Å²) in [6.07, 6.45) is 0.556. The molecule has 1 aromatic heterocycles. The van der Waals surface area contributed by atoms with Crippen LogP contribution in [0.15, 0.2) is 12.3 Å². The van der Waals surface area contributed by atoms with Gasteiger partial charge in [-0.15, -0.1) is 0 Å². The minimum atomic E-state index is -1.43. The molecule has 0 bridgehead atoms. The van der Waals surface area contributed by atoms with Crippen molar-refractivity contribution in [2.75, 3.05) is 20.0 Å². The number of methoxy groups -OCH3 is 2. The van der Waals surface area contributed by atoms with Gasteiger partial charge in [-0.2, -0.15) is 0 Å². The van der Waals surface area contributed by atoms with E-state index in [9.17, 15) is 5.11 Å². The Morgan fingerprint density at radius 2 is 2.06 bits per heavy atom. The van der Waals surface area contributed by atoms with Crippen LogP contribution >= 0.6 is 11.6 Å². The van der Waals surface area contributed by atoms with Gasteiger partial charge in [0.15, 0.2) is 6.29 Å². The molecule has 90 valence electrons. The summed E-state index contributed by atoms with van der Waals surface area (Å²) in [5.41, 5.74) is 4.63. The molecule has 0 saturated carbocycles. The predicted octanol–water partition coefficient (Wildman–Crippen LogP) is 1.14. The molecule has 0 fully saturated rings. The monoisotopic (exact) mass is 246 g/mol. The van der Waals surface area contributed by atoms with E-state index in [1.54, 1.807) is 0 Å². The van der Waals surface area contributed by atoms with Crippen molar-refractivity contribution in [3.8, 4) is 0 Å². The van der Waals surface area contributed by atoms with E-state index in [0.29, 0.717) is 10.6 Å². The summed E-state index contributed by atoms with van der Waals surface area (Å²) in [6.45, 7) is 1.52. The predicted molar refractivity (Wildman–Crippen MR) is 61.0 cm³/mol. The van der Waals surface area contributed by atoms with E-state index >= 15 is 0 Å². The van der Waals surface area contributed by atoms with Crippen LogP contribution in [0.1, 0.15) is 12.5 Å². The van der Waals surface area contributed by atoms with Gasteiger partial charge in [-0.25, -0.2) is 4.98 Å². The third kappa shape index (κ3) is 2.44. The SMILES string of the molecule is COC(OC)C(C)(O)c1cc(Cl)cnc1N. The molecule has 3 N–H and O–H groups in total. The van der Waals surface area contributed by atoms with Crippen LogP contribution in [-0.4, -0.2) is 30.6 Å². The van der Waals surface area contributed by atoms with E-state index in [1.807, 2.05) is 0 Å². The van der Waals surface area contributed by atoms with Crippen molar-refractivity contribution < 1.29 is 14.6 Å². The number of halogens is 1. The topological polar surface area (TPSA) is 77.6 Å². The molecule has 0 amide bonds. The number of aliphatic hydroxyl groups is 1. The third-order valence-corrected chi connectivity index (χ3v) is 2.52. The number of nitrogen functional groups attached to an aromatic ring is 1. The van der Waals surface area contributed by atoms with Gasteiger partial charge in [-0.1, -0.05) is 11.6 Å². The number of hydrogen-bond acceptors (Lipinski definition) is 5. The highest BCUT2D eigenvalue weighted by atomic mass is 35.5. The highest BCUT2D eigenvalue weighted by Crippen LogP contribution is 2.31. The van der Waals surface area contributed by atoms with E-state index in [1.165, 1.54) is 33.4 Å². The second-order valence-electron chi connectivity index (χ2n) is 3.54. The molecule has 0 aliphatic heterocycles. The molecular weight excluding hydrogens is 232 g/mol. The first kappa shape index (κ1) is 13.2. The maximum Gasteiger partial charge on any atom is 0.189 e. The first-order valence-electron chi connectivity index (χ1n) is 4.63. The van der Waals surface area contributed by atoms with Crippen LogP contribution in [0.3, 0.4) is 0 Å². The second-order valence-corrected chi connectivity index (χ2v) is 3.97. The van der Waals surface area contributed by atoms with Crippen molar-refractivity contribution >= 4 is 17.4 Å². The summed E-state index contributed by atoms with van der Waals surface area (Å²) in [7, 11) is 2.85. The van der Waals surface area contributed by atoms with Gasteiger partial charge in [-0.3, -0.25) is 0 Å². The first-order chi connectivity index (χ1) is 7.43. The lowest BCUT2D eigenvalue weighted by Gasteiger charge is -2.31. The van der Waals surface area contributed by atoms with Crippen LogP contribution in [0.4, 0.5) is 5.82 Å². The molecule has 0 aliphatic rings. The van der Waals surface area contributed by atoms with Gasteiger partial charge in [0.1, 0.15) is 11.4 Å². The van der Waals surface area contributed by atoms with E-state index in [2.05, 4.69) is 4.98 Å². The van der Waals surface area contributed by atoms with Gasteiger partial charge < -0.3 is 20.3 Å². The van der Waals surface area contributed by atoms with Crippen LogP contribution < -0.4 is 5.73 Å². The number of anilines is 1. The van der Waals surface area contributed by atoms with Crippen molar-refractivity contribution in [1.82, 2.24) is 4.98 Å². The number of pyridine rings is 1. The molecular formula is C10H15ClN2O3. The summed E-state index contributed by atoms with van der Waals surface area (Å²) in [5.74, 6) is 0.188. The van der Waals surface area contributed by atoms with Gasteiger partial charge in [0.2, 0.25) is 0 Å². The normalized spacial score (nSPS) is 15.1. The lowest BCUT2D eigenvalue weighted by molar-refractivity contribution is -0.212. The van der Waals surface area contributed by atoms with Crippen molar-refractivity contribution in [2.45, 2.75) is 18.8 Å². The fourth-order valence-electron chi connectivity index (χ4n) is 1.54. The number of nitrogens with zero attached hydrogens (tertiary/aromatic N) is 1. The Balaban J connectivity index is 3.19. The molecule has 1 heterocycles. The molecule has 0 aromatic carbocycles.